The maximum atomic E-state index is 14.9. The molecule has 3 aliphatic rings. The molecule has 6 rings (SSSR count). The zero-order valence-electron chi connectivity index (χ0n) is 24.4. The molecule has 8 nitrogen and oxygen atoms in total. The minimum Gasteiger partial charge on any atom is -0.342 e. The number of benzene rings is 2. The number of carbonyl (C=O) groups excluding carboxylic acids is 2. The van der Waals surface area contributed by atoms with Gasteiger partial charge in [0.2, 0.25) is 0 Å². The highest BCUT2D eigenvalue weighted by Crippen LogP contribution is 2.40. The number of fused-ring (bicyclic) bond motifs is 2. The Labute approximate surface area is 241 Å². The van der Waals surface area contributed by atoms with E-state index in [9.17, 15) is 14.0 Å². The van der Waals surface area contributed by atoms with E-state index in [-0.39, 0.29) is 17.5 Å². The van der Waals surface area contributed by atoms with E-state index < -0.39 is 5.82 Å². The van der Waals surface area contributed by atoms with Gasteiger partial charge in [-0.15, -0.1) is 0 Å². The SMILES string of the molecule is CC1CCN(C(=O)c2ccc(Nc3cc4c(cn3)N(C)C(=O)c3ccccc3N4C)c(F)c2)C1.CN1CCCCC1. The van der Waals surface area contributed by atoms with Crippen molar-refractivity contribution in [3.8, 4) is 0 Å². The van der Waals surface area contributed by atoms with Crippen molar-refractivity contribution in [1.82, 2.24) is 14.8 Å². The van der Waals surface area contributed by atoms with Gasteiger partial charge in [0.15, 0.2) is 0 Å². The van der Waals surface area contributed by atoms with Gasteiger partial charge in [-0.05, 0) is 75.6 Å². The van der Waals surface area contributed by atoms with E-state index in [1.54, 1.807) is 47.3 Å². The number of halogens is 1. The van der Waals surface area contributed by atoms with Gasteiger partial charge in [0.25, 0.3) is 11.8 Å². The topological polar surface area (TPSA) is 72.0 Å². The van der Waals surface area contributed by atoms with Crippen molar-refractivity contribution in [2.24, 2.45) is 5.92 Å². The van der Waals surface area contributed by atoms with Crippen LogP contribution in [0.1, 0.15) is 53.3 Å². The van der Waals surface area contributed by atoms with Crippen LogP contribution in [-0.2, 0) is 0 Å². The summed E-state index contributed by atoms with van der Waals surface area (Å²) in [6, 6.07) is 13.6. The third-order valence-electron chi connectivity index (χ3n) is 8.15. The van der Waals surface area contributed by atoms with Crippen molar-refractivity contribution in [2.75, 3.05) is 62.4 Å². The van der Waals surface area contributed by atoms with Crippen LogP contribution >= 0.6 is 0 Å². The van der Waals surface area contributed by atoms with E-state index in [0.717, 1.165) is 17.8 Å². The number of piperidine rings is 1. The first-order valence-corrected chi connectivity index (χ1v) is 14.4. The van der Waals surface area contributed by atoms with Crippen LogP contribution in [0.3, 0.4) is 0 Å². The molecule has 2 saturated heterocycles. The van der Waals surface area contributed by atoms with E-state index in [2.05, 4.69) is 29.2 Å². The Kier molecular flexibility index (Phi) is 8.54. The van der Waals surface area contributed by atoms with Crippen LogP contribution in [0.15, 0.2) is 54.7 Å². The van der Waals surface area contributed by atoms with Crippen LogP contribution in [0.25, 0.3) is 0 Å². The molecule has 216 valence electrons. The van der Waals surface area contributed by atoms with Crippen LogP contribution in [0.5, 0.6) is 0 Å². The molecule has 1 aromatic heterocycles. The Balaban J connectivity index is 0.000000423. The fourth-order valence-electron chi connectivity index (χ4n) is 5.64. The summed E-state index contributed by atoms with van der Waals surface area (Å²) in [5, 5.41) is 3.01. The van der Waals surface area contributed by atoms with Gasteiger partial charge in [0.05, 0.1) is 34.5 Å². The van der Waals surface area contributed by atoms with Crippen LogP contribution in [0.4, 0.5) is 33.0 Å². The van der Waals surface area contributed by atoms with Gasteiger partial charge >= 0.3 is 0 Å². The molecule has 1 unspecified atom stereocenters. The standard InChI is InChI=1S/C26H26FN5O2.C6H13N/c1-16-10-11-32(15-16)25(33)17-8-9-20(19(27)12-17)29-24-13-22-23(14-28-24)31(3)26(34)18-6-4-5-7-21(18)30(22)2;1-7-5-3-2-4-6-7/h4-9,12-14,16H,10-11,15H2,1-3H3,(H,28,29);2-6H2,1H3. The maximum absolute atomic E-state index is 14.9. The molecule has 2 aromatic carbocycles. The monoisotopic (exact) mass is 558 g/mol. The van der Waals surface area contributed by atoms with Crippen LogP contribution in [-0.4, -0.2) is 73.9 Å². The summed E-state index contributed by atoms with van der Waals surface area (Å²) < 4.78 is 14.9. The number of anilines is 5. The van der Waals surface area contributed by atoms with Gasteiger partial charge in [0, 0.05) is 38.8 Å². The highest BCUT2D eigenvalue weighted by atomic mass is 19.1. The minimum atomic E-state index is -0.527. The smallest absolute Gasteiger partial charge is 0.260 e. The van der Waals surface area contributed by atoms with Crippen LogP contribution in [0.2, 0.25) is 0 Å². The third-order valence-corrected chi connectivity index (χ3v) is 8.15. The molecule has 9 heteroatoms. The average molecular weight is 559 g/mol. The van der Waals surface area contributed by atoms with E-state index >= 15 is 0 Å². The van der Waals surface area contributed by atoms with Crippen molar-refractivity contribution in [2.45, 2.75) is 32.6 Å². The molecule has 0 aliphatic carbocycles. The van der Waals surface area contributed by atoms with E-state index in [1.807, 2.05) is 30.1 Å². The Morgan fingerprint density at radius 1 is 0.927 bits per heavy atom. The van der Waals surface area contributed by atoms with Crippen LogP contribution < -0.4 is 15.1 Å². The summed E-state index contributed by atoms with van der Waals surface area (Å²) in [7, 11) is 5.79. The number of hydrogen-bond donors (Lipinski definition) is 1. The maximum Gasteiger partial charge on any atom is 0.260 e. The number of carbonyl (C=O) groups is 2. The summed E-state index contributed by atoms with van der Waals surface area (Å²) in [6.07, 6.45) is 6.84. The zero-order valence-corrected chi connectivity index (χ0v) is 24.4. The minimum absolute atomic E-state index is 0.123. The number of rotatable bonds is 3. The van der Waals surface area contributed by atoms with Crippen molar-refractivity contribution in [3.05, 3.63) is 71.7 Å². The summed E-state index contributed by atoms with van der Waals surface area (Å²) in [6.45, 7) is 6.15. The van der Waals surface area contributed by atoms with Gasteiger partial charge in [-0.25, -0.2) is 9.37 Å². The Morgan fingerprint density at radius 3 is 2.34 bits per heavy atom. The Morgan fingerprint density at radius 2 is 1.68 bits per heavy atom. The number of nitrogens with zero attached hydrogens (tertiary/aromatic N) is 5. The van der Waals surface area contributed by atoms with E-state index in [0.29, 0.717) is 41.6 Å². The summed E-state index contributed by atoms with van der Waals surface area (Å²) in [5.41, 5.74) is 3.34. The predicted octanol–water partition coefficient (Wildman–Crippen LogP) is 5.91. The fourth-order valence-corrected chi connectivity index (χ4v) is 5.64. The van der Waals surface area contributed by atoms with Gasteiger partial charge in [-0.2, -0.15) is 0 Å². The summed E-state index contributed by atoms with van der Waals surface area (Å²) >= 11 is 0. The molecule has 0 spiro atoms. The summed E-state index contributed by atoms with van der Waals surface area (Å²) in [5.74, 6) is 0.0971. The number of para-hydroxylation sites is 1. The molecule has 1 atom stereocenters. The number of likely N-dealkylation sites (tertiary alicyclic amines) is 2. The molecule has 0 bridgehead atoms. The number of nitrogens with one attached hydrogen (secondary N) is 1. The molecule has 2 fully saturated rings. The highest BCUT2D eigenvalue weighted by Gasteiger charge is 2.28. The highest BCUT2D eigenvalue weighted by molar-refractivity contribution is 6.13. The molecule has 41 heavy (non-hydrogen) atoms. The lowest BCUT2D eigenvalue weighted by Crippen LogP contribution is -2.28. The molecular formula is C32H39FN6O2. The fraction of sp³-hybridized carbons (Fsp3) is 0.406. The molecule has 1 N–H and O–H groups in total. The normalized spacial score (nSPS) is 18.7. The van der Waals surface area contributed by atoms with Crippen molar-refractivity contribution < 1.29 is 14.0 Å². The second-order valence-electron chi connectivity index (χ2n) is 11.3. The van der Waals surface area contributed by atoms with Gasteiger partial charge in [0.1, 0.15) is 11.6 Å². The van der Waals surface area contributed by atoms with Gasteiger partial charge < -0.3 is 24.9 Å². The molecule has 0 saturated carbocycles. The van der Waals surface area contributed by atoms with E-state index in [4.69, 9.17) is 0 Å². The van der Waals surface area contributed by atoms with E-state index in [1.165, 1.54) is 38.4 Å². The lowest BCUT2D eigenvalue weighted by Gasteiger charge is -2.22. The van der Waals surface area contributed by atoms with Gasteiger partial charge in [-0.1, -0.05) is 25.5 Å². The Bertz CT molecular complexity index is 1420. The van der Waals surface area contributed by atoms with Crippen LogP contribution in [0, 0.1) is 11.7 Å². The molecular weight excluding hydrogens is 519 g/mol. The number of pyridine rings is 1. The molecule has 4 heterocycles. The van der Waals surface area contributed by atoms with Crippen molar-refractivity contribution in [3.63, 3.8) is 0 Å². The van der Waals surface area contributed by atoms with Crippen molar-refractivity contribution in [1.29, 1.82) is 0 Å². The molecule has 0 radical (unpaired) electrons. The number of amides is 2. The predicted molar refractivity (Wildman–Crippen MR) is 162 cm³/mol. The lowest BCUT2D eigenvalue weighted by atomic mass is 10.1. The summed E-state index contributed by atoms with van der Waals surface area (Å²) in [4.78, 5) is 37.7. The number of hydrogen-bond acceptors (Lipinski definition) is 6. The second kappa shape index (κ2) is 12.3. The molecule has 3 aliphatic heterocycles. The average Bonchev–Trinajstić information content (AvgIpc) is 3.41. The number of aromatic nitrogens is 1. The quantitative estimate of drug-likeness (QED) is 0.431. The largest absolute Gasteiger partial charge is 0.342 e. The zero-order chi connectivity index (χ0) is 29.1. The first-order chi connectivity index (χ1) is 19.7. The second-order valence-corrected chi connectivity index (χ2v) is 11.3. The van der Waals surface area contributed by atoms with Crippen molar-refractivity contribution >= 4 is 40.4 Å². The first-order valence-electron chi connectivity index (χ1n) is 14.4. The lowest BCUT2D eigenvalue weighted by molar-refractivity contribution is 0.0787. The van der Waals surface area contributed by atoms with Gasteiger partial charge in [-0.3, -0.25) is 9.59 Å². The molecule has 3 aromatic rings. The first kappa shape index (κ1) is 28.5. The Hall–Kier alpha value is -3.98. The third kappa shape index (κ3) is 6.20. The molecule has 2 amide bonds.